The molecule has 1 aromatic carbocycles. The van der Waals surface area contributed by atoms with E-state index in [9.17, 15) is 17.6 Å². The second kappa shape index (κ2) is 9.80. The number of halogens is 1. The predicted molar refractivity (Wildman–Crippen MR) is 110 cm³/mol. The molecule has 0 aliphatic carbocycles. The number of hydrogen-bond donors (Lipinski definition) is 0. The predicted octanol–water partition coefficient (Wildman–Crippen LogP) is 2.86. The van der Waals surface area contributed by atoms with Crippen LogP contribution < -0.4 is 0 Å². The van der Waals surface area contributed by atoms with Crippen molar-refractivity contribution in [2.24, 2.45) is 0 Å². The summed E-state index contributed by atoms with van der Waals surface area (Å²) in [5, 5.41) is 1.93. The Morgan fingerprint density at radius 2 is 2.00 bits per heavy atom. The Balaban J connectivity index is 1.74. The van der Waals surface area contributed by atoms with Gasteiger partial charge in [-0.3, -0.25) is 4.79 Å². The van der Waals surface area contributed by atoms with Crippen molar-refractivity contribution >= 4 is 27.3 Å². The molecule has 158 valence electrons. The van der Waals surface area contributed by atoms with Crippen molar-refractivity contribution in [3.63, 3.8) is 0 Å². The van der Waals surface area contributed by atoms with Crippen LogP contribution in [0, 0.1) is 5.82 Å². The molecule has 1 saturated heterocycles. The van der Waals surface area contributed by atoms with Crippen LogP contribution >= 0.6 is 11.3 Å². The molecule has 1 fully saturated rings. The molecule has 1 amide bonds. The quantitative estimate of drug-likeness (QED) is 0.601. The van der Waals surface area contributed by atoms with E-state index in [1.165, 1.54) is 27.8 Å². The molecule has 3 rings (SSSR count). The van der Waals surface area contributed by atoms with Gasteiger partial charge in [-0.1, -0.05) is 18.2 Å². The topological polar surface area (TPSA) is 66.9 Å². The number of nitrogens with zero attached hydrogens (tertiary/aromatic N) is 2. The van der Waals surface area contributed by atoms with Crippen LogP contribution in [0.25, 0.3) is 0 Å². The zero-order valence-corrected chi connectivity index (χ0v) is 17.9. The van der Waals surface area contributed by atoms with Gasteiger partial charge >= 0.3 is 0 Å². The first-order valence-electron chi connectivity index (χ1n) is 9.42. The van der Waals surface area contributed by atoms with Crippen LogP contribution in [0.5, 0.6) is 0 Å². The molecule has 1 unspecified atom stereocenters. The van der Waals surface area contributed by atoms with E-state index >= 15 is 0 Å². The molecule has 2 heterocycles. The largest absolute Gasteiger partial charge is 0.377 e. The van der Waals surface area contributed by atoms with Gasteiger partial charge < -0.3 is 9.64 Å². The monoisotopic (exact) mass is 440 g/mol. The van der Waals surface area contributed by atoms with Gasteiger partial charge in [-0.15, -0.1) is 11.3 Å². The molecule has 0 saturated carbocycles. The Morgan fingerprint density at radius 3 is 2.59 bits per heavy atom. The molecule has 0 radical (unpaired) electrons. The molecule has 6 nitrogen and oxygen atoms in total. The minimum absolute atomic E-state index is 0.175. The van der Waals surface area contributed by atoms with E-state index in [2.05, 4.69) is 0 Å². The van der Waals surface area contributed by atoms with E-state index in [-0.39, 0.29) is 37.5 Å². The van der Waals surface area contributed by atoms with E-state index < -0.39 is 10.0 Å². The highest BCUT2D eigenvalue weighted by Crippen LogP contribution is 2.18. The summed E-state index contributed by atoms with van der Waals surface area (Å²) in [5.74, 6) is -0.643. The SMILES string of the molecule is CS(=O)(=O)N(CC(=O)N(Cc1ccc(F)cc1)Cc1cccs1)CC1CCCO1. The van der Waals surface area contributed by atoms with Crippen LogP contribution in [-0.4, -0.2) is 55.6 Å². The van der Waals surface area contributed by atoms with Gasteiger partial charge in [-0.2, -0.15) is 4.31 Å². The molecule has 2 aromatic rings. The normalized spacial score (nSPS) is 17.0. The van der Waals surface area contributed by atoms with Gasteiger partial charge in [-0.25, -0.2) is 12.8 Å². The zero-order chi connectivity index (χ0) is 20.9. The minimum Gasteiger partial charge on any atom is -0.377 e. The Bertz CT molecular complexity index is 895. The number of thiophene rings is 1. The Labute approximate surface area is 174 Å². The molecule has 0 bridgehead atoms. The van der Waals surface area contributed by atoms with Crippen molar-refractivity contribution < 1.29 is 22.3 Å². The standard InChI is InChI=1S/C20H25FN2O4S2/c1-29(25,26)23(13-18-4-2-10-27-18)15-20(24)22(14-19-5-3-11-28-19)12-16-6-8-17(21)9-7-16/h3,5-9,11,18H,2,4,10,12-15H2,1H3. The highest BCUT2D eigenvalue weighted by atomic mass is 32.2. The fourth-order valence-corrected chi connectivity index (χ4v) is 4.72. The van der Waals surface area contributed by atoms with E-state index in [4.69, 9.17) is 4.74 Å². The van der Waals surface area contributed by atoms with Gasteiger partial charge in [-0.05, 0) is 42.0 Å². The third kappa shape index (κ3) is 6.60. The highest BCUT2D eigenvalue weighted by molar-refractivity contribution is 7.88. The first-order valence-corrected chi connectivity index (χ1v) is 12.2. The Morgan fingerprint density at radius 1 is 1.24 bits per heavy atom. The van der Waals surface area contributed by atoms with Gasteiger partial charge in [0.25, 0.3) is 0 Å². The molecule has 0 N–H and O–H groups in total. The Hall–Kier alpha value is -1.81. The summed E-state index contributed by atoms with van der Waals surface area (Å²) >= 11 is 1.53. The Kier molecular flexibility index (Phi) is 7.39. The van der Waals surface area contributed by atoms with Crippen LogP contribution in [0.4, 0.5) is 4.39 Å². The lowest BCUT2D eigenvalue weighted by Gasteiger charge is -2.27. The van der Waals surface area contributed by atoms with Crippen molar-refractivity contribution in [3.8, 4) is 0 Å². The molecule has 0 spiro atoms. The fourth-order valence-electron chi connectivity index (χ4n) is 3.22. The second-order valence-corrected chi connectivity index (χ2v) is 10.2. The molecule has 1 aliphatic heterocycles. The van der Waals surface area contributed by atoms with Crippen molar-refractivity contribution in [1.29, 1.82) is 0 Å². The number of amides is 1. The molecular weight excluding hydrogens is 415 g/mol. The van der Waals surface area contributed by atoms with Crippen molar-refractivity contribution in [2.75, 3.05) is 26.0 Å². The van der Waals surface area contributed by atoms with Crippen LogP contribution in [0.1, 0.15) is 23.3 Å². The third-order valence-electron chi connectivity index (χ3n) is 4.78. The van der Waals surface area contributed by atoms with Crippen molar-refractivity contribution in [1.82, 2.24) is 9.21 Å². The number of hydrogen-bond acceptors (Lipinski definition) is 5. The van der Waals surface area contributed by atoms with Crippen LogP contribution in [-0.2, 0) is 32.6 Å². The first kappa shape index (κ1) is 21.9. The lowest BCUT2D eigenvalue weighted by molar-refractivity contribution is -0.132. The summed E-state index contributed by atoms with van der Waals surface area (Å²) in [6.07, 6.45) is 2.61. The van der Waals surface area contributed by atoms with Crippen molar-refractivity contribution in [3.05, 3.63) is 58.0 Å². The number of sulfonamides is 1. The van der Waals surface area contributed by atoms with Gasteiger partial charge in [0, 0.05) is 24.6 Å². The molecule has 1 aromatic heterocycles. The second-order valence-electron chi connectivity index (χ2n) is 7.15. The lowest BCUT2D eigenvalue weighted by Crippen LogP contribution is -2.44. The average Bonchev–Trinajstić information content (AvgIpc) is 3.35. The number of carbonyl (C=O) groups excluding carboxylic acids is 1. The summed E-state index contributed by atoms with van der Waals surface area (Å²) in [6, 6.07) is 9.79. The maximum atomic E-state index is 13.2. The molecule has 9 heteroatoms. The van der Waals surface area contributed by atoms with Gasteiger partial charge in [0.2, 0.25) is 15.9 Å². The number of rotatable bonds is 9. The van der Waals surface area contributed by atoms with Gasteiger partial charge in [0.1, 0.15) is 5.82 Å². The molecular formula is C20H25FN2O4S2. The van der Waals surface area contributed by atoms with Crippen LogP contribution in [0.15, 0.2) is 41.8 Å². The fraction of sp³-hybridized carbons (Fsp3) is 0.450. The lowest BCUT2D eigenvalue weighted by atomic mass is 10.2. The van der Waals surface area contributed by atoms with E-state index in [1.807, 2.05) is 17.5 Å². The number of ether oxygens (including phenoxy) is 1. The molecule has 29 heavy (non-hydrogen) atoms. The van der Waals surface area contributed by atoms with E-state index in [0.717, 1.165) is 29.5 Å². The number of carbonyl (C=O) groups is 1. The highest BCUT2D eigenvalue weighted by Gasteiger charge is 2.28. The summed E-state index contributed by atoms with van der Waals surface area (Å²) in [5.41, 5.74) is 0.779. The van der Waals surface area contributed by atoms with Gasteiger partial charge in [0.05, 0.1) is 25.4 Å². The number of benzene rings is 1. The maximum absolute atomic E-state index is 13.2. The van der Waals surface area contributed by atoms with Gasteiger partial charge in [0.15, 0.2) is 0 Å². The maximum Gasteiger partial charge on any atom is 0.238 e. The summed E-state index contributed by atoms with van der Waals surface area (Å²) < 4.78 is 44.5. The van der Waals surface area contributed by atoms with E-state index in [1.54, 1.807) is 17.0 Å². The van der Waals surface area contributed by atoms with Crippen LogP contribution in [0.3, 0.4) is 0 Å². The van der Waals surface area contributed by atoms with Crippen LogP contribution in [0.2, 0.25) is 0 Å². The summed E-state index contributed by atoms with van der Waals surface area (Å²) in [6.45, 7) is 1.18. The molecule has 1 atom stereocenters. The third-order valence-corrected chi connectivity index (χ3v) is 6.86. The van der Waals surface area contributed by atoms with E-state index in [0.29, 0.717) is 13.2 Å². The minimum atomic E-state index is -3.56. The first-order chi connectivity index (χ1) is 13.8. The van der Waals surface area contributed by atoms with Crippen molar-refractivity contribution in [2.45, 2.75) is 32.0 Å². The average molecular weight is 441 g/mol. The smallest absolute Gasteiger partial charge is 0.238 e. The summed E-state index contributed by atoms with van der Waals surface area (Å²) in [4.78, 5) is 15.7. The zero-order valence-electron chi connectivity index (χ0n) is 16.3. The molecule has 1 aliphatic rings. The summed E-state index contributed by atoms with van der Waals surface area (Å²) in [7, 11) is -3.56.